The number of halogens is 1. The molecule has 1 aliphatic heterocycles. The number of hydrogen-bond donors (Lipinski definition) is 1. The van der Waals surface area contributed by atoms with Gasteiger partial charge in [0.2, 0.25) is 0 Å². The van der Waals surface area contributed by atoms with Crippen LogP contribution in [0.15, 0.2) is 65.9 Å². The molecule has 4 aromatic rings. The van der Waals surface area contributed by atoms with Gasteiger partial charge in [-0.3, -0.25) is 14.3 Å². The minimum atomic E-state index is -0.202. The summed E-state index contributed by atoms with van der Waals surface area (Å²) in [6, 6.07) is 12.4. The lowest BCUT2D eigenvalue weighted by Crippen LogP contribution is -2.30. The smallest absolute Gasteiger partial charge is 0.261 e. The molecule has 0 radical (unpaired) electrons. The van der Waals surface area contributed by atoms with Gasteiger partial charge in [0.15, 0.2) is 0 Å². The number of hydrogen-bond acceptors (Lipinski definition) is 3. The monoisotopic (exact) mass is 416 g/mol. The Balaban J connectivity index is 1.16. The first-order valence-electron chi connectivity index (χ1n) is 10.8. The topological polar surface area (TPSA) is 53.9 Å². The Labute approximate surface area is 179 Å². The third kappa shape index (κ3) is 4.03. The maximum absolute atomic E-state index is 13.7. The molecule has 0 bridgehead atoms. The van der Waals surface area contributed by atoms with Crippen molar-refractivity contribution in [1.82, 2.24) is 19.4 Å². The number of nitrogens with zero attached hydrogens (tertiary/aromatic N) is 3. The number of H-pyrrole nitrogens is 1. The van der Waals surface area contributed by atoms with Gasteiger partial charge in [0.05, 0.1) is 17.2 Å². The standard InChI is InChI=1S/C25H25FN4O/c26-19-7-8-24-21(15-19)22(16-27-24)18-9-13-29(14-10-18)11-3-4-12-30-17-28-23-6-2-1-5-20(23)25(30)31/h1-2,5-9,15-17,27H,3-4,10-14H2. The number of benzene rings is 2. The molecule has 31 heavy (non-hydrogen) atoms. The van der Waals surface area contributed by atoms with Crippen LogP contribution in [0.25, 0.3) is 27.4 Å². The first-order chi connectivity index (χ1) is 15.2. The molecule has 5 rings (SSSR count). The number of aryl methyl sites for hydroxylation is 1. The average molecular weight is 417 g/mol. The van der Waals surface area contributed by atoms with Gasteiger partial charge in [-0.15, -0.1) is 0 Å². The van der Waals surface area contributed by atoms with Crippen molar-refractivity contribution in [3.63, 3.8) is 0 Å². The van der Waals surface area contributed by atoms with E-state index in [4.69, 9.17) is 0 Å². The van der Waals surface area contributed by atoms with Gasteiger partial charge in [-0.25, -0.2) is 9.37 Å². The molecule has 0 amide bonds. The van der Waals surface area contributed by atoms with Crippen molar-refractivity contribution in [2.24, 2.45) is 0 Å². The first kappa shape index (κ1) is 19.7. The maximum Gasteiger partial charge on any atom is 0.261 e. The molecule has 6 heteroatoms. The molecule has 0 saturated carbocycles. The van der Waals surface area contributed by atoms with Crippen molar-refractivity contribution in [2.75, 3.05) is 19.6 Å². The van der Waals surface area contributed by atoms with Crippen molar-refractivity contribution >= 4 is 27.4 Å². The number of aromatic amines is 1. The summed E-state index contributed by atoms with van der Waals surface area (Å²) in [5.74, 6) is -0.202. The lowest BCUT2D eigenvalue weighted by Gasteiger charge is -2.26. The van der Waals surface area contributed by atoms with E-state index in [1.807, 2.05) is 30.5 Å². The van der Waals surface area contributed by atoms with Gasteiger partial charge in [-0.1, -0.05) is 18.2 Å². The number of rotatable bonds is 6. The quantitative estimate of drug-likeness (QED) is 0.468. The van der Waals surface area contributed by atoms with Gasteiger partial charge >= 0.3 is 0 Å². The van der Waals surface area contributed by atoms with E-state index in [0.717, 1.165) is 60.9 Å². The summed E-state index contributed by atoms with van der Waals surface area (Å²) < 4.78 is 15.4. The second-order valence-electron chi connectivity index (χ2n) is 8.14. The third-order valence-corrected chi connectivity index (χ3v) is 6.14. The van der Waals surface area contributed by atoms with Crippen LogP contribution >= 0.6 is 0 Å². The van der Waals surface area contributed by atoms with Crippen LogP contribution in [0, 0.1) is 5.82 Å². The summed E-state index contributed by atoms with van der Waals surface area (Å²) in [7, 11) is 0. The highest BCUT2D eigenvalue weighted by molar-refractivity contribution is 5.92. The fraction of sp³-hybridized carbons (Fsp3) is 0.280. The minimum absolute atomic E-state index is 0.0336. The van der Waals surface area contributed by atoms with E-state index in [1.54, 1.807) is 23.0 Å². The van der Waals surface area contributed by atoms with Crippen LogP contribution in [0.2, 0.25) is 0 Å². The minimum Gasteiger partial charge on any atom is -0.361 e. The molecule has 5 nitrogen and oxygen atoms in total. The number of fused-ring (bicyclic) bond motifs is 2. The molecule has 0 atom stereocenters. The average Bonchev–Trinajstić information content (AvgIpc) is 3.21. The highest BCUT2D eigenvalue weighted by Crippen LogP contribution is 2.29. The van der Waals surface area contributed by atoms with Crippen LogP contribution in [0.4, 0.5) is 4.39 Å². The van der Waals surface area contributed by atoms with E-state index in [1.165, 1.54) is 11.6 Å². The van der Waals surface area contributed by atoms with Gasteiger partial charge in [0.1, 0.15) is 5.82 Å². The Bertz CT molecular complexity index is 1320. The Morgan fingerprint density at radius 2 is 1.94 bits per heavy atom. The highest BCUT2D eigenvalue weighted by atomic mass is 19.1. The van der Waals surface area contributed by atoms with Gasteiger partial charge in [-0.2, -0.15) is 0 Å². The molecular formula is C25H25FN4O. The highest BCUT2D eigenvalue weighted by Gasteiger charge is 2.15. The lowest BCUT2D eigenvalue weighted by atomic mass is 9.98. The molecule has 1 N–H and O–H groups in total. The molecule has 0 unspecified atom stereocenters. The van der Waals surface area contributed by atoms with Gasteiger partial charge in [-0.05, 0) is 61.7 Å². The van der Waals surface area contributed by atoms with Crippen LogP contribution in [-0.4, -0.2) is 39.1 Å². The van der Waals surface area contributed by atoms with Crippen molar-refractivity contribution in [1.29, 1.82) is 0 Å². The van der Waals surface area contributed by atoms with E-state index in [9.17, 15) is 9.18 Å². The van der Waals surface area contributed by atoms with Crippen LogP contribution in [0.1, 0.15) is 24.8 Å². The summed E-state index contributed by atoms with van der Waals surface area (Å²) in [6.07, 6.45) is 8.83. The van der Waals surface area contributed by atoms with Gasteiger partial charge in [0.25, 0.3) is 5.56 Å². The molecule has 158 valence electrons. The van der Waals surface area contributed by atoms with Crippen LogP contribution < -0.4 is 5.56 Å². The van der Waals surface area contributed by atoms with E-state index >= 15 is 0 Å². The van der Waals surface area contributed by atoms with E-state index in [-0.39, 0.29) is 11.4 Å². The van der Waals surface area contributed by atoms with E-state index in [2.05, 4.69) is 20.9 Å². The summed E-state index contributed by atoms with van der Waals surface area (Å²) in [6.45, 7) is 3.58. The van der Waals surface area contributed by atoms with E-state index < -0.39 is 0 Å². The molecular weight excluding hydrogens is 391 g/mol. The Morgan fingerprint density at radius 3 is 2.81 bits per heavy atom. The van der Waals surface area contributed by atoms with Crippen LogP contribution in [-0.2, 0) is 6.54 Å². The number of unbranched alkanes of at least 4 members (excludes halogenated alkanes) is 1. The molecule has 0 fully saturated rings. The first-order valence-corrected chi connectivity index (χ1v) is 10.8. The maximum atomic E-state index is 13.7. The largest absolute Gasteiger partial charge is 0.361 e. The Hall–Kier alpha value is -3.25. The zero-order valence-electron chi connectivity index (χ0n) is 17.4. The summed E-state index contributed by atoms with van der Waals surface area (Å²) in [5.41, 5.74) is 4.14. The number of nitrogens with one attached hydrogen (secondary N) is 1. The summed E-state index contributed by atoms with van der Waals surface area (Å²) in [5, 5.41) is 1.63. The fourth-order valence-corrected chi connectivity index (χ4v) is 4.40. The molecule has 1 aliphatic rings. The third-order valence-electron chi connectivity index (χ3n) is 6.14. The van der Waals surface area contributed by atoms with E-state index in [0.29, 0.717) is 11.9 Å². The predicted molar refractivity (Wildman–Crippen MR) is 123 cm³/mol. The normalized spacial score (nSPS) is 14.9. The fourth-order valence-electron chi connectivity index (χ4n) is 4.40. The van der Waals surface area contributed by atoms with Crippen molar-refractivity contribution in [3.8, 4) is 0 Å². The Kier molecular flexibility index (Phi) is 5.38. The zero-order valence-corrected chi connectivity index (χ0v) is 17.4. The molecule has 2 aromatic heterocycles. The Morgan fingerprint density at radius 1 is 1.06 bits per heavy atom. The molecule has 0 spiro atoms. The second kappa shape index (κ2) is 8.47. The van der Waals surface area contributed by atoms with Crippen LogP contribution in [0.3, 0.4) is 0 Å². The SMILES string of the molecule is O=c1c2ccccc2ncn1CCCCN1CC=C(c2c[nH]c3ccc(F)cc23)CC1. The van der Waals surface area contributed by atoms with Gasteiger partial charge < -0.3 is 4.98 Å². The molecule has 3 heterocycles. The zero-order chi connectivity index (χ0) is 21.2. The summed E-state index contributed by atoms with van der Waals surface area (Å²) >= 11 is 0. The molecule has 0 aliphatic carbocycles. The molecule has 0 saturated heterocycles. The predicted octanol–water partition coefficient (Wildman–Crippen LogP) is 4.59. The lowest BCUT2D eigenvalue weighted by molar-refractivity contribution is 0.292. The van der Waals surface area contributed by atoms with Crippen molar-refractivity contribution < 1.29 is 4.39 Å². The summed E-state index contributed by atoms with van der Waals surface area (Å²) in [4.78, 5) is 22.6. The number of para-hydroxylation sites is 1. The second-order valence-corrected chi connectivity index (χ2v) is 8.14. The van der Waals surface area contributed by atoms with Crippen LogP contribution in [0.5, 0.6) is 0 Å². The van der Waals surface area contributed by atoms with Gasteiger partial charge in [0, 0.05) is 42.3 Å². The number of aromatic nitrogens is 3. The van der Waals surface area contributed by atoms with Crippen molar-refractivity contribution in [2.45, 2.75) is 25.8 Å². The van der Waals surface area contributed by atoms with Crippen molar-refractivity contribution in [3.05, 3.63) is 82.8 Å². The molecule has 2 aromatic carbocycles.